The molecule has 0 aliphatic rings. The van der Waals surface area contributed by atoms with E-state index in [9.17, 15) is 8.42 Å². The number of hydrogen-bond donors (Lipinski definition) is 0. The summed E-state index contributed by atoms with van der Waals surface area (Å²) in [6, 6.07) is 24.7. The van der Waals surface area contributed by atoms with Crippen LogP contribution < -0.4 is 0 Å². The van der Waals surface area contributed by atoms with E-state index in [1.54, 1.807) is 30.5 Å². The highest BCUT2D eigenvalue weighted by Gasteiger charge is 2.24. The normalized spacial score (nSPS) is 11.5. The second-order valence-corrected chi connectivity index (χ2v) is 9.38. The largest absolute Gasteiger partial charge is 0.283 e. The summed E-state index contributed by atoms with van der Waals surface area (Å²) in [5, 5.41) is 4.16. The second-order valence-electron chi connectivity index (χ2n) is 6.45. The summed E-state index contributed by atoms with van der Waals surface area (Å²) in [4.78, 5) is 0.222. The van der Waals surface area contributed by atoms with E-state index in [0.717, 1.165) is 29.9 Å². The van der Waals surface area contributed by atoms with Crippen LogP contribution >= 0.6 is 22.6 Å². The standard InChI is InChI=1S/C22H17IN2O2S/c1-16-7-13-20(14-8-16)28(26,27)25-22(21(23)15-24-25)19-11-9-18(10-12-19)17-5-3-2-4-6-17/h2-15H,1H3. The van der Waals surface area contributed by atoms with Crippen molar-refractivity contribution in [3.05, 3.63) is 94.2 Å². The molecule has 0 saturated heterocycles. The molecule has 0 saturated carbocycles. The van der Waals surface area contributed by atoms with Gasteiger partial charge in [0.1, 0.15) is 0 Å². The van der Waals surface area contributed by atoms with Crippen LogP contribution in [0.15, 0.2) is 90.0 Å². The first kappa shape index (κ1) is 18.9. The predicted molar refractivity (Wildman–Crippen MR) is 120 cm³/mol. The van der Waals surface area contributed by atoms with Gasteiger partial charge in [-0.3, -0.25) is 0 Å². The highest BCUT2D eigenvalue weighted by atomic mass is 127. The van der Waals surface area contributed by atoms with Crippen molar-refractivity contribution >= 4 is 32.6 Å². The minimum Gasteiger partial charge on any atom is -0.199 e. The summed E-state index contributed by atoms with van der Waals surface area (Å²) in [6.45, 7) is 1.92. The molecule has 0 unspecified atom stereocenters. The van der Waals surface area contributed by atoms with E-state index in [0.29, 0.717) is 5.69 Å². The third-order valence-electron chi connectivity index (χ3n) is 4.51. The minimum atomic E-state index is -3.78. The van der Waals surface area contributed by atoms with Crippen LogP contribution in [0.3, 0.4) is 0 Å². The van der Waals surface area contributed by atoms with Gasteiger partial charge in [0, 0.05) is 5.56 Å². The van der Waals surface area contributed by atoms with E-state index in [-0.39, 0.29) is 4.90 Å². The maximum absolute atomic E-state index is 13.1. The van der Waals surface area contributed by atoms with Gasteiger partial charge in [-0.2, -0.15) is 17.6 Å². The second kappa shape index (κ2) is 7.52. The van der Waals surface area contributed by atoms with Gasteiger partial charge in [-0.15, -0.1) is 0 Å². The van der Waals surface area contributed by atoms with Gasteiger partial charge in [0.2, 0.25) is 0 Å². The number of nitrogens with zero attached hydrogens (tertiary/aromatic N) is 2. The van der Waals surface area contributed by atoms with Crippen molar-refractivity contribution in [2.24, 2.45) is 0 Å². The van der Waals surface area contributed by atoms with E-state index in [2.05, 4.69) is 27.7 Å². The van der Waals surface area contributed by atoms with Crippen LogP contribution in [0.25, 0.3) is 22.4 Å². The molecule has 4 aromatic rings. The van der Waals surface area contributed by atoms with Gasteiger partial charge in [-0.1, -0.05) is 72.3 Å². The van der Waals surface area contributed by atoms with Crippen LogP contribution in [0.4, 0.5) is 0 Å². The quantitative estimate of drug-likeness (QED) is 0.355. The third-order valence-corrected chi connectivity index (χ3v) is 6.89. The van der Waals surface area contributed by atoms with E-state index in [1.165, 1.54) is 0 Å². The number of rotatable bonds is 4. The molecular weight excluding hydrogens is 483 g/mol. The first-order valence-electron chi connectivity index (χ1n) is 8.68. The fourth-order valence-electron chi connectivity index (χ4n) is 3.01. The molecule has 140 valence electrons. The summed E-state index contributed by atoms with van der Waals surface area (Å²) >= 11 is 2.12. The molecule has 0 spiro atoms. The molecule has 4 nitrogen and oxygen atoms in total. The topological polar surface area (TPSA) is 52.0 Å². The average Bonchev–Trinajstić information content (AvgIpc) is 3.11. The molecule has 28 heavy (non-hydrogen) atoms. The average molecular weight is 500 g/mol. The van der Waals surface area contributed by atoms with E-state index in [4.69, 9.17) is 0 Å². The summed E-state index contributed by atoms with van der Waals surface area (Å²) < 4.78 is 28.2. The molecule has 0 bridgehead atoms. The lowest BCUT2D eigenvalue weighted by Gasteiger charge is -2.11. The zero-order valence-corrected chi connectivity index (χ0v) is 18.1. The number of aryl methyl sites for hydroxylation is 1. The van der Waals surface area contributed by atoms with Crippen molar-refractivity contribution in [3.8, 4) is 22.4 Å². The first-order chi connectivity index (χ1) is 13.5. The number of benzene rings is 3. The molecule has 6 heteroatoms. The van der Waals surface area contributed by atoms with Crippen LogP contribution in [0, 0.1) is 10.5 Å². The lowest BCUT2D eigenvalue weighted by molar-refractivity contribution is 0.581. The van der Waals surface area contributed by atoms with Crippen molar-refractivity contribution < 1.29 is 8.42 Å². The maximum Gasteiger partial charge on any atom is 0.283 e. The Morgan fingerprint density at radius 1 is 0.786 bits per heavy atom. The van der Waals surface area contributed by atoms with Crippen molar-refractivity contribution in [1.29, 1.82) is 0 Å². The Hall–Kier alpha value is -2.45. The fraction of sp³-hybridized carbons (Fsp3) is 0.0455. The highest BCUT2D eigenvalue weighted by Crippen LogP contribution is 2.30. The molecule has 1 heterocycles. The van der Waals surface area contributed by atoms with Crippen LogP contribution in [0.1, 0.15) is 5.56 Å². The number of aromatic nitrogens is 2. The third kappa shape index (κ3) is 3.49. The Labute approximate surface area is 178 Å². The van der Waals surface area contributed by atoms with Crippen molar-refractivity contribution in [1.82, 2.24) is 9.19 Å². The zero-order valence-electron chi connectivity index (χ0n) is 15.1. The molecule has 0 N–H and O–H groups in total. The van der Waals surface area contributed by atoms with Gasteiger partial charge in [0.15, 0.2) is 0 Å². The summed E-state index contributed by atoms with van der Waals surface area (Å²) in [7, 11) is -3.78. The summed E-state index contributed by atoms with van der Waals surface area (Å²) in [5.74, 6) is 0. The van der Waals surface area contributed by atoms with Crippen LogP contribution in [-0.4, -0.2) is 17.6 Å². The Kier molecular flexibility index (Phi) is 5.07. The Morgan fingerprint density at radius 2 is 1.36 bits per heavy atom. The molecule has 4 rings (SSSR count). The predicted octanol–water partition coefficient (Wildman–Crippen LogP) is 5.37. The van der Waals surface area contributed by atoms with E-state index in [1.807, 2.05) is 61.5 Å². The maximum atomic E-state index is 13.1. The highest BCUT2D eigenvalue weighted by molar-refractivity contribution is 14.1. The molecule has 1 aromatic heterocycles. The van der Waals surface area contributed by atoms with Gasteiger partial charge in [0.05, 0.1) is 20.4 Å². The molecule has 0 fully saturated rings. The SMILES string of the molecule is Cc1ccc(S(=O)(=O)n2ncc(I)c2-c2ccc(-c3ccccc3)cc2)cc1. The van der Waals surface area contributed by atoms with Crippen LogP contribution in [-0.2, 0) is 10.0 Å². The van der Waals surface area contributed by atoms with E-state index < -0.39 is 10.0 Å². The summed E-state index contributed by atoms with van der Waals surface area (Å²) in [5.41, 5.74) is 4.57. The number of halogens is 1. The molecule has 0 amide bonds. The van der Waals surface area contributed by atoms with Crippen molar-refractivity contribution in [3.63, 3.8) is 0 Å². The Morgan fingerprint density at radius 3 is 2.00 bits per heavy atom. The first-order valence-corrected chi connectivity index (χ1v) is 11.2. The molecule has 0 aliphatic carbocycles. The smallest absolute Gasteiger partial charge is 0.199 e. The lowest BCUT2D eigenvalue weighted by atomic mass is 10.0. The minimum absolute atomic E-state index is 0.222. The molecular formula is C22H17IN2O2S. The number of hydrogen-bond acceptors (Lipinski definition) is 3. The molecule has 3 aromatic carbocycles. The Balaban J connectivity index is 1.78. The van der Waals surface area contributed by atoms with Crippen molar-refractivity contribution in [2.45, 2.75) is 11.8 Å². The Bertz CT molecular complexity index is 1210. The monoisotopic (exact) mass is 500 g/mol. The molecule has 0 aliphatic heterocycles. The van der Waals surface area contributed by atoms with Crippen LogP contribution in [0.2, 0.25) is 0 Å². The molecule has 0 atom stereocenters. The van der Waals surface area contributed by atoms with Gasteiger partial charge >= 0.3 is 0 Å². The van der Waals surface area contributed by atoms with E-state index >= 15 is 0 Å². The molecule has 0 radical (unpaired) electrons. The lowest BCUT2D eigenvalue weighted by Crippen LogP contribution is -2.16. The zero-order chi connectivity index (χ0) is 19.7. The summed E-state index contributed by atoms with van der Waals surface area (Å²) in [6.07, 6.45) is 1.58. The van der Waals surface area contributed by atoms with Crippen molar-refractivity contribution in [2.75, 3.05) is 0 Å². The van der Waals surface area contributed by atoms with Gasteiger partial charge in [0.25, 0.3) is 10.0 Å². The van der Waals surface area contributed by atoms with Gasteiger partial charge in [-0.05, 0) is 52.8 Å². The van der Waals surface area contributed by atoms with Gasteiger partial charge in [-0.25, -0.2) is 0 Å². The van der Waals surface area contributed by atoms with Crippen LogP contribution in [0.5, 0.6) is 0 Å². The van der Waals surface area contributed by atoms with Gasteiger partial charge < -0.3 is 0 Å². The fourth-order valence-corrected chi connectivity index (χ4v) is 5.13.